The highest BCUT2D eigenvalue weighted by molar-refractivity contribution is 5.72. The van der Waals surface area contributed by atoms with Crippen molar-refractivity contribution in [3.63, 3.8) is 0 Å². The minimum Gasteiger partial charge on any atom is -0.479 e. The van der Waals surface area contributed by atoms with Crippen molar-refractivity contribution >= 4 is 5.97 Å². The molecule has 0 saturated carbocycles. The Morgan fingerprint density at radius 3 is 2.55 bits per heavy atom. The predicted octanol–water partition coefficient (Wildman–Crippen LogP) is -1.07. The van der Waals surface area contributed by atoms with Gasteiger partial charge in [-0.1, -0.05) is 0 Å². The Balaban J connectivity index is 2.42. The zero-order valence-electron chi connectivity index (χ0n) is 5.86. The zero-order chi connectivity index (χ0) is 8.48. The van der Waals surface area contributed by atoms with Crippen molar-refractivity contribution in [2.75, 3.05) is 6.61 Å². The maximum Gasteiger partial charge on any atom is 0.332 e. The largest absolute Gasteiger partial charge is 0.479 e. The molecule has 1 aliphatic rings. The SMILES string of the molecule is O=C(O)C1CCC(O)(O)CO1. The fourth-order valence-corrected chi connectivity index (χ4v) is 0.947. The smallest absolute Gasteiger partial charge is 0.332 e. The third-order valence-corrected chi connectivity index (χ3v) is 1.60. The molecule has 0 aromatic heterocycles. The molecule has 11 heavy (non-hydrogen) atoms. The topological polar surface area (TPSA) is 87.0 Å². The van der Waals surface area contributed by atoms with Gasteiger partial charge in [-0.2, -0.15) is 0 Å². The molecular formula is C6H10O5. The highest BCUT2D eigenvalue weighted by atomic mass is 16.6. The van der Waals surface area contributed by atoms with E-state index in [4.69, 9.17) is 15.3 Å². The Bertz CT molecular complexity index is 154. The van der Waals surface area contributed by atoms with Crippen molar-refractivity contribution in [3.05, 3.63) is 0 Å². The lowest BCUT2D eigenvalue weighted by Crippen LogP contribution is -2.44. The van der Waals surface area contributed by atoms with E-state index in [1.807, 2.05) is 0 Å². The lowest BCUT2D eigenvalue weighted by molar-refractivity contribution is -0.238. The number of ether oxygens (including phenoxy) is 1. The minimum absolute atomic E-state index is 0.0456. The molecular weight excluding hydrogens is 152 g/mol. The monoisotopic (exact) mass is 162 g/mol. The van der Waals surface area contributed by atoms with Crippen LogP contribution in [0.1, 0.15) is 12.8 Å². The third kappa shape index (κ3) is 2.14. The molecule has 0 spiro atoms. The minimum atomic E-state index is -1.84. The molecule has 1 rings (SSSR count). The van der Waals surface area contributed by atoms with E-state index < -0.39 is 17.9 Å². The summed E-state index contributed by atoms with van der Waals surface area (Å²) in [5, 5.41) is 26.2. The Morgan fingerprint density at radius 2 is 2.18 bits per heavy atom. The van der Waals surface area contributed by atoms with Crippen molar-refractivity contribution in [1.82, 2.24) is 0 Å². The van der Waals surface area contributed by atoms with Crippen molar-refractivity contribution in [2.24, 2.45) is 0 Å². The number of hydrogen-bond acceptors (Lipinski definition) is 4. The van der Waals surface area contributed by atoms with Crippen LogP contribution in [0.3, 0.4) is 0 Å². The molecule has 64 valence electrons. The van der Waals surface area contributed by atoms with Crippen LogP contribution in [0.2, 0.25) is 0 Å². The summed E-state index contributed by atoms with van der Waals surface area (Å²) in [5.74, 6) is -2.90. The van der Waals surface area contributed by atoms with Crippen LogP contribution in [0.25, 0.3) is 0 Å². The molecule has 0 aromatic rings. The maximum absolute atomic E-state index is 10.3. The van der Waals surface area contributed by atoms with Crippen molar-refractivity contribution < 1.29 is 24.9 Å². The summed E-state index contributed by atoms with van der Waals surface area (Å²) >= 11 is 0. The third-order valence-electron chi connectivity index (χ3n) is 1.60. The molecule has 0 radical (unpaired) electrons. The highest BCUT2D eigenvalue weighted by Gasteiger charge is 2.34. The Hall–Kier alpha value is -0.650. The first kappa shape index (κ1) is 8.45. The average molecular weight is 162 g/mol. The second-order valence-corrected chi connectivity index (χ2v) is 2.66. The van der Waals surface area contributed by atoms with Gasteiger partial charge in [-0.15, -0.1) is 0 Å². The van der Waals surface area contributed by atoms with Crippen LogP contribution in [0.15, 0.2) is 0 Å². The van der Waals surface area contributed by atoms with Gasteiger partial charge >= 0.3 is 5.97 Å². The van der Waals surface area contributed by atoms with Crippen molar-refractivity contribution in [2.45, 2.75) is 24.7 Å². The van der Waals surface area contributed by atoms with Crippen LogP contribution in [0.5, 0.6) is 0 Å². The van der Waals surface area contributed by atoms with E-state index in [-0.39, 0.29) is 19.4 Å². The fourth-order valence-electron chi connectivity index (χ4n) is 0.947. The van der Waals surface area contributed by atoms with Gasteiger partial charge in [0.25, 0.3) is 0 Å². The van der Waals surface area contributed by atoms with Gasteiger partial charge in [0.1, 0.15) is 6.61 Å². The van der Waals surface area contributed by atoms with Gasteiger partial charge in [-0.3, -0.25) is 0 Å². The van der Waals surface area contributed by atoms with E-state index in [0.29, 0.717) is 0 Å². The van der Waals surface area contributed by atoms with Gasteiger partial charge in [0.05, 0.1) is 0 Å². The van der Waals surface area contributed by atoms with Gasteiger partial charge < -0.3 is 20.1 Å². The Kier molecular flexibility index (Phi) is 2.12. The number of rotatable bonds is 1. The molecule has 1 aliphatic heterocycles. The van der Waals surface area contributed by atoms with E-state index >= 15 is 0 Å². The van der Waals surface area contributed by atoms with Gasteiger partial charge in [0.15, 0.2) is 11.9 Å². The first-order valence-corrected chi connectivity index (χ1v) is 3.30. The Morgan fingerprint density at radius 1 is 1.55 bits per heavy atom. The van der Waals surface area contributed by atoms with Gasteiger partial charge in [-0.25, -0.2) is 4.79 Å². The lowest BCUT2D eigenvalue weighted by Gasteiger charge is -2.29. The molecule has 1 unspecified atom stereocenters. The molecule has 5 nitrogen and oxygen atoms in total. The summed E-state index contributed by atoms with van der Waals surface area (Å²) in [4.78, 5) is 10.3. The van der Waals surface area contributed by atoms with Crippen molar-refractivity contribution in [1.29, 1.82) is 0 Å². The van der Waals surface area contributed by atoms with Gasteiger partial charge in [0, 0.05) is 6.42 Å². The molecule has 3 N–H and O–H groups in total. The summed E-state index contributed by atoms with van der Waals surface area (Å²) < 4.78 is 4.66. The predicted molar refractivity (Wildman–Crippen MR) is 33.8 cm³/mol. The number of aliphatic hydroxyl groups is 2. The first-order chi connectivity index (χ1) is 5.01. The van der Waals surface area contributed by atoms with Crippen LogP contribution < -0.4 is 0 Å². The molecule has 1 saturated heterocycles. The number of aliphatic carboxylic acids is 1. The second-order valence-electron chi connectivity index (χ2n) is 2.66. The van der Waals surface area contributed by atoms with E-state index in [1.54, 1.807) is 0 Å². The maximum atomic E-state index is 10.3. The van der Waals surface area contributed by atoms with E-state index in [9.17, 15) is 4.79 Å². The number of carboxylic acid groups (broad SMARTS) is 1. The van der Waals surface area contributed by atoms with Crippen LogP contribution in [0, 0.1) is 0 Å². The molecule has 0 aromatic carbocycles. The summed E-state index contributed by atoms with van der Waals surface area (Å²) in [6.45, 7) is -0.329. The molecule has 1 heterocycles. The summed E-state index contributed by atoms with van der Waals surface area (Å²) in [5.41, 5.74) is 0. The zero-order valence-corrected chi connectivity index (χ0v) is 5.86. The molecule has 0 bridgehead atoms. The molecule has 0 aliphatic carbocycles. The normalized spacial score (nSPS) is 29.8. The van der Waals surface area contributed by atoms with Crippen LogP contribution in [-0.2, 0) is 9.53 Å². The van der Waals surface area contributed by atoms with Crippen LogP contribution >= 0.6 is 0 Å². The van der Waals surface area contributed by atoms with E-state index in [0.717, 1.165) is 0 Å². The molecule has 1 fully saturated rings. The van der Waals surface area contributed by atoms with Crippen LogP contribution in [0.4, 0.5) is 0 Å². The number of carboxylic acids is 1. The quantitative estimate of drug-likeness (QED) is 0.427. The molecule has 1 atom stereocenters. The standard InChI is InChI=1S/C6H10O5/c7-5(8)4-1-2-6(9,10)3-11-4/h4,9-10H,1-3H2,(H,7,8). The van der Waals surface area contributed by atoms with Gasteiger partial charge in [-0.05, 0) is 6.42 Å². The summed E-state index contributed by atoms with van der Waals surface area (Å²) in [6, 6.07) is 0. The summed E-state index contributed by atoms with van der Waals surface area (Å²) in [7, 11) is 0. The average Bonchev–Trinajstić information content (AvgIpc) is 1.86. The molecule has 0 amide bonds. The summed E-state index contributed by atoms with van der Waals surface area (Å²) in [6.07, 6.45) is -0.700. The second kappa shape index (κ2) is 2.77. The van der Waals surface area contributed by atoms with Crippen molar-refractivity contribution in [3.8, 4) is 0 Å². The van der Waals surface area contributed by atoms with Gasteiger partial charge in [0.2, 0.25) is 0 Å². The Labute approximate surface area is 63.2 Å². The highest BCUT2D eigenvalue weighted by Crippen LogP contribution is 2.20. The number of carbonyl (C=O) groups is 1. The first-order valence-electron chi connectivity index (χ1n) is 3.30. The lowest BCUT2D eigenvalue weighted by atomic mass is 10.0. The number of hydrogen-bond donors (Lipinski definition) is 3. The van der Waals surface area contributed by atoms with E-state index in [1.165, 1.54) is 0 Å². The molecule has 5 heteroatoms. The fraction of sp³-hybridized carbons (Fsp3) is 0.833. The van der Waals surface area contributed by atoms with E-state index in [2.05, 4.69) is 4.74 Å². The van der Waals surface area contributed by atoms with Crippen LogP contribution in [-0.4, -0.2) is 39.8 Å².